The van der Waals surface area contributed by atoms with E-state index in [0.717, 1.165) is 13.1 Å². The van der Waals surface area contributed by atoms with Gasteiger partial charge in [0.25, 0.3) is 0 Å². The summed E-state index contributed by atoms with van der Waals surface area (Å²) in [5.74, 6) is -1.42. The molecule has 0 radical (unpaired) electrons. The molecule has 230 valence electrons. The van der Waals surface area contributed by atoms with E-state index in [4.69, 9.17) is 9.47 Å². The van der Waals surface area contributed by atoms with Crippen LogP contribution in [0.15, 0.2) is 35.9 Å². The Balaban J connectivity index is 1.57. The molecule has 5 atom stereocenters. The maximum absolute atomic E-state index is 14.6. The van der Waals surface area contributed by atoms with Crippen molar-refractivity contribution in [2.75, 3.05) is 51.2 Å². The molecule has 4 rings (SSSR count). The molecule has 0 saturated carbocycles. The van der Waals surface area contributed by atoms with Crippen molar-refractivity contribution >= 4 is 29.9 Å². The molecule has 1 aromatic carbocycles. The van der Waals surface area contributed by atoms with Gasteiger partial charge in [-0.15, -0.1) is 0 Å². The van der Waals surface area contributed by atoms with Crippen LogP contribution >= 0.6 is 0 Å². The van der Waals surface area contributed by atoms with E-state index in [2.05, 4.69) is 10.2 Å². The van der Waals surface area contributed by atoms with Crippen molar-refractivity contribution in [3.63, 3.8) is 0 Å². The zero-order chi connectivity index (χ0) is 30.4. The highest BCUT2D eigenvalue weighted by atomic mass is 19.1. The fourth-order valence-electron chi connectivity index (χ4n) is 5.53. The van der Waals surface area contributed by atoms with Gasteiger partial charge in [0.15, 0.2) is 0 Å². The number of cyclic esters (lactones) is 1. The average Bonchev–Trinajstić information content (AvgIpc) is 3.37. The number of ether oxygens (including phenoxy) is 2. The number of urea groups is 1. The van der Waals surface area contributed by atoms with E-state index in [9.17, 15) is 23.9 Å². The van der Waals surface area contributed by atoms with Crippen molar-refractivity contribution in [2.24, 2.45) is 11.8 Å². The van der Waals surface area contributed by atoms with Gasteiger partial charge in [-0.25, -0.2) is 14.0 Å². The Morgan fingerprint density at radius 1 is 1.10 bits per heavy atom. The highest BCUT2D eigenvalue weighted by Crippen LogP contribution is 2.27. The molecule has 10 nitrogen and oxygen atoms in total. The molecule has 2 saturated heterocycles. The molecule has 0 spiro atoms. The molecule has 0 bridgehead atoms. The summed E-state index contributed by atoms with van der Waals surface area (Å²) in [6, 6.07) is 4.10. The lowest BCUT2D eigenvalue weighted by Gasteiger charge is -2.33. The van der Waals surface area contributed by atoms with Gasteiger partial charge in [-0.05, 0) is 68.1 Å². The number of amides is 3. The van der Waals surface area contributed by atoms with E-state index in [1.54, 1.807) is 24.0 Å². The predicted octanol–water partition coefficient (Wildman–Crippen LogP) is 3.80. The van der Waals surface area contributed by atoms with Gasteiger partial charge in [0.05, 0.1) is 12.5 Å². The van der Waals surface area contributed by atoms with Gasteiger partial charge in [-0.2, -0.15) is 0 Å². The third-order valence-corrected chi connectivity index (χ3v) is 8.17. The first-order valence-corrected chi connectivity index (χ1v) is 14.7. The van der Waals surface area contributed by atoms with Crippen molar-refractivity contribution in [3.05, 3.63) is 47.3 Å². The molecular formula is C31H43FN4O6. The quantitative estimate of drug-likeness (QED) is 0.408. The van der Waals surface area contributed by atoms with Crippen LogP contribution in [0.5, 0.6) is 0 Å². The van der Waals surface area contributed by atoms with E-state index in [-0.39, 0.29) is 30.4 Å². The predicted molar refractivity (Wildman–Crippen MR) is 157 cm³/mol. The number of benzene rings is 1. The maximum Gasteiger partial charge on any atom is 0.410 e. The lowest BCUT2D eigenvalue weighted by Crippen LogP contribution is -2.48. The average molecular weight is 587 g/mol. The number of halogens is 1. The number of aliphatic hydroxyl groups is 1. The zero-order valence-corrected chi connectivity index (χ0v) is 24.9. The van der Waals surface area contributed by atoms with Crippen molar-refractivity contribution in [1.82, 2.24) is 15.1 Å². The molecule has 3 aliphatic rings. The first-order chi connectivity index (χ1) is 20.0. The van der Waals surface area contributed by atoms with Crippen LogP contribution in [0.3, 0.4) is 0 Å². The van der Waals surface area contributed by atoms with E-state index in [1.165, 1.54) is 17.0 Å². The molecular weight excluding hydrogens is 543 g/mol. The second kappa shape index (κ2) is 14.2. The number of carbonyl (C=O) groups is 3. The van der Waals surface area contributed by atoms with Crippen molar-refractivity contribution in [1.29, 1.82) is 0 Å². The van der Waals surface area contributed by atoms with Crippen LogP contribution in [-0.2, 0) is 14.3 Å². The summed E-state index contributed by atoms with van der Waals surface area (Å²) in [5.41, 5.74) is 1.62. The fraction of sp³-hybridized carbons (Fsp3) is 0.581. The minimum atomic E-state index is -0.894. The zero-order valence-electron chi connectivity index (χ0n) is 24.9. The molecule has 42 heavy (non-hydrogen) atoms. The van der Waals surface area contributed by atoms with Crippen molar-refractivity contribution in [3.8, 4) is 0 Å². The minimum Gasteiger partial charge on any atom is -0.457 e. The Morgan fingerprint density at radius 2 is 1.83 bits per heavy atom. The summed E-state index contributed by atoms with van der Waals surface area (Å²) in [4.78, 5) is 43.3. The van der Waals surface area contributed by atoms with Crippen LogP contribution in [0.25, 0.3) is 6.08 Å². The Morgan fingerprint density at radius 3 is 2.52 bits per heavy atom. The van der Waals surface area contributed by atoms with Gasteiger partial charge in [0, 0.05) is 50.9 Å². The topological polar surface area (TPSA) is 112 Å². The number of piperazine rings is 1. The Hall–Kier alpha value is -3.44. The smallest absolute Gasteiger partial charge is 0.410 e. The van der Waals surface area contributed by atoms with Crippen molar-refractivity contribution in [2.45, 2.75) is 58.3 Å². The molecule has 1 aromatic rings. The molecule has 2 fully saturated rings. The Labute approximate surface area is 247 Å². The summed E-state index contributed by atoms with van der Waals surface area (Å²) >= 11 is 0. The second-order valence-electron chi connectivity index (χ2n) is 11.7. The van der Waals surface area contributed by atoms with Crippen LogP contribution in [0.2, 0.25) is 0 Å². The summed E-state index contributed by atoms with van der Waals surface area (Å²) < 4.78 is 26.4. The summed E-state index contributed by atoms with van der Waals surface area (Å²) in [5, 5.41) is 13.3. The van der Waals surface area contributed by atoms with Gasteiger partial charge >= 0.3 is 18.1 Å². The number of likely N-dealkylation sites (N-methyl/N-ethyl adjacent to an activating group) is 1. The molecule has 0 aromatic heterocycles. The van der Waals surface area contributed by atoms with Gasteiger partial charge in [0.1, 0.15) is 18.0 Å². The first-order valence-electron chi connectivity index (χ1n) is 14.7. The summed E-state index contributed by atoms with van der Waals surface area (Å²) in [6.07, 6.45) is 3.73. The van der Waals surface area contributed by atoms with Crippen LogP contribution in [0.4, 0.5) is 19.7 Å². The van der Waals surface area contributed by atoms with Crippen LogP contribution in [0.1, 0.15) is 45.6 Å². The highest BCUT2D eigenvalue weighted by Gasteiger charge is 2.29. The van der Waals surface area contributed by atoms with E-state index in [1.807, 2.05) is 33.0 Å². The van der Waals surface area contributed by atoms with E-state index >= 15 is 0 Å². The number of hydrogen-bond donors (Lipinski definition) is 2. The van der Waals surface area contributed by atoms with Gasteiger partial charge < -0.3 is 29.7 Å². The number of carbonyl (C=O) groups excluding carboxylic acids is 3. The van der Waals surface area contributed by atoms with Crippen LogP contribution in [-0.4, -0.2) is 97.6 Å². The van der Waals surface area contributed by atoms with Gasteiger partial charge in [-0.3, -0.25) is 9.69 Å². The molecule has 3 amide bonds. The van der Waals surface area contributed by atoms with Crippen molar-refractivity contribution < 1.29 is 33.4 Å². The monoisotopic (exact) mass is 586 g/mol. The molecule has 11 heteroatoms. The standard InChI is InChI=1S/C31H43FN4O6/c1-20-5-7-26(37)19-28(38)42-29(21(2)6-8-27(20)41-31(40)35-13-11-34(4)12-14-35)22(3)15-23-16-24(32)18-25(17-23)36-10-9-33-30(36)39/h6,8,15-18,20-21,26-27,29,37H,5,7,9-14,19H2,1-4H3,(H,33,39)/b8-6+,22-15+/t20-,21-,26+,27+,29-/m0/s1. The molecule has 0 unspecified atom stereocenters. The lowest BCUT2D eigenvalue weighted by atomic mass is 9.91. The maximum atomic E-state index is 14.6. The second-order valence-corrected chi connectivity index (χ2v) is 11.7. The Bertz CT molecular complexity index is 1200. The van der Waals surface area contributed by atoms with Crippen LogP contribution in [0, 0.1) is 17.7 Å². The van der Waals surface area contributed by atoms with E-state index in [0.29, 0.717) is 55.8 Å². The van der Waals surface area contributed by atoms with E-state index < -0.39 is 30.1 Å². The molecule has 3 aliphatic heterocycles. The third kappa shape index (κ3) is 8.32. The first kappa shape index (κ1) is 31.5. The SMILES string of the molecule is C/C(=C\c1cc(F)cc(N2CCNC2=O)c1)[C@H]1OC(=O)C[C@H](O)CC[C@H](C)[C@H](OC(=O)N2CCN(C)CC2)/C=C/[C@@H]1C. The van der Waals surface area contributed by atoms with Gasteiger partial charge in [0.2, 0.25) is 0 Å². The Kier molecular flexibility index (Phi) is 10.6. The third-order valence-electron chi connectivity index (χ3n) is 8.17. The normalized spacial score (nSPS) is 29.3. The lowest BCUT2D eigenvalue weighted by molar-refractivity contribution is -0.151. The van der Waals surface area contributed by atoms with Gasteiger partial charge in [-0.1, -0.05) is 26.0 Å². The largest absolute Gasteiger partial charge is 0.457 e. The number of nitrogens with zero attached hydrogens (tertiary/aromatic N) is 3. The van der Waals surface area contributed by atoms with Crippen LogP contribution < -0.4 is 10.2 Å². The fourth-order valence-corrected chi connectivity index (χ4v) is 5.53. The molecule has 0 aliphatic carbocycles. The number of esters is 1. The number of hydrogen-bond acceptors (Lipinski definition) is 7. The minimum absolute atomic E-state index is 0.0847. The number of nitrogens with one attached hydrogen (secondary N) is 1. The molecule has 2 N–H and O–H groups in total. The molecule has 3 heterocycles. The number of aliphatic hydroxyl groups excluding tert-OH is 1. The number of anilines is 1. The summed E-state index contributed by atoms with van der Waals surface area (Å²) in [6.45, 7) is 9.35. The highest BCUT2D eigenvalue weighted by molar-refractivity contribution is 5.94. The number of rotatable bonds is 4. The summed E-state index contributed by atoms with van der Waals surface area (Å²) in [7, 11) is 2.02.